The number of rotatable bonds is 5. The van der Waals surface area contributed by atoms with Crippen molar-refractivity contribution >= 4 is 15.7 Å². The minimum absolute atomic E-state index is 0.113. The molecule has 0 atom stereocenters. The Labute approximate surface area is 114 Å². The van der Waals surface area contributed by atoms with Crippen molar-refractivity contribution in [3.8, 4) is 5.75 Å². The largest absolute Gasteiger partial charge is 0.492 e. The van der Waals surface area contributed by atoms with Crippen molar-refractivity contribution in [2.24, 2.45) is 0 Å². The predicted molar refractivity (Wildman–Crippen MR) is 74.6 cm³/mol. The highest BCUT2D eigenvalue weighted by Crippen LogP contribution is 2.34. The molecule has 3 N–H and O–H groups in total. The van der Waals surface area contributed by atoms with Crippen LogP contribution in [0.5, 0.6) is 5.75 Å². The van der Waals surface area contributed by atoms with Crippen LogP contribution in [-0.4, -0.2) is 20.6 Å². The maximum Gasteiger partial charge on any atom is 0.244 e. The topological polar surface area (TPSA) is 81.4 Å². The summed E-state index contributed by atoms with van der Waals surface area (Å²) in [7, 11) is -3.61. The van der Waals surface area contributed by atoms with Gasteiger partial charge in [-0.25, -0.2) is 13.1 Å². The molecule has 0 aromatic heterocycles. The van der Waals surface area contributed by atoms with Gasteiger partial charge in [0.25, 0.3) is 0 Å². The molecule has 1 aliphatic rings. The molecule has 2 rings (SSSR count). The van der Waals surface area contributed by atoms with Crippen molar-refractivity contribution in [2.45, 2.75) is 43.5 Å². The molecule has 0 bridgehead atoms. The summed E-state index contributed by atoms with van der Waals surface area (Å²) in [5.74, 6) is 0.340. The summed E-state index contributed by atoms with van der Waals surface area (Å²) >= 11 is 0. The number of nitrogen functional groups attached to an aromatic ring is 1. The van der Waals surface area contributed by atoms with Crippen LogP contribution in [0.4, 0.5) is 5.69 Å². The molecule has 1 aromatic rings. The summed E-state index contributed by atoms with van der Waals surface area (Å²) in [6.07, 6.45) is 2.77. The molecular weight excluding hydrogens is 264 g/mol. The molecule has 1 fully saturated rings. The lowest BCUT2D eigenvalue weighted by Crippen LogP contribution is -2.50. The second-order valence-corrected chi connectivity index (χ2v) is 6.81. The van der Waals surface area contributed by atoms with E-state index in [1.54, 1.807) is 12.1 Å². The second-order valence-electron chi connectivity index (χ2n) is 5.16. The van der Waals surface area contributed by atoms with Gasteiger partial charge in [-0.2, -0.15) is 0 Å². The van der Waals surface area contributed by atoms with Crippen molar-refractivity contribution < 1.29 is 13.2 Å². The zero-order chi connectivity index (χ0) is 14.1. The molecular formula is C13H20N2O3S. The van der Waals surface area contributed by atoms with Gasteiger partial charge in [-0.3, -0.25) is 0 Å². The first-order valence-electron chi connectivity index (χ1n) is 6.43. The van der Waals surface area contributed by atoms with Gasteiger partial charge >= 0.3 is 0 Å². The van der Waals surface area contributed by atoms with Crippen molar-refractivity contribution in [1.29, 1.82) is 0 Å². The fraction of sp³-hybridized carbons (Fsp3) is 0.538. The summed E-state index contributed by atoms with van der Waals surface area (Å²) in [5.41, 5.74) is 5.75. The minimum atomic E-state index is -3.61. The molecule has 0 heterocycles. The number of sulfonamides is 1. The van der Waals surface area contributed by atoms with Crippen LogP contribution in [-0.2, 0) is 10.0 Å². The highest BCUT2D eigenvalue weighted by Gasteiger charge is 2.37. The molecule has 0 radical (unpaired) electrons. The number of hydrogen-bond acceptors (Lipinski definition) is 4. The van der Waals surface area contributed by atoms with E-state index < -0.39 is 10.0 Å². The first-order chi connectivity index (χ1) is 8.86. The lowest BCUT2D eigenvalue weighted by molar-refractivity contribution is 0.247. The highest BCUT2D eigenvalue weighted by atomic mass is 32.2. The summed E-state index contributed by atoms with van der Waals surface area (Å²) in [4.78, 5) is 0.113. The van der Waals surface area contributed by atoms with E-state index in [-0.39, 0.29) is 10.4 Å². The predicted octanol–water partition coefficient (Wildman–Crippen LogP) is 1.89. The molecule has 6 heteroatoms. The van der Waals surface area contributed by atoms with Crippen LogP contribution in [0.3, 0.4) is 0 Å². The first kappa shape index (κ1) is 14.1. The van der Waals surface area contributed by atoms with E-state index in [0.29, 0.717) is 18.0 Å². The van der Waals surface area contributed by atoms with Crippen molar-refractivity contribution in [2.75, 3.05) is 12.3 Å². The average Bonchev–Trinajstić information content (AvgIpc) is 2.29. The van der Waals surface area contributed by atoms with Crippen LogP contribution >= 0.6 is 0 Å². The highest BCUT2D eigenvalue weighted by molar-refractivity contribution is 7.89. The third kappa shape index (κ3) is 3.01. The molecule has 19 heavy (non-hydrogen) atoms. The van der Waals surface area contributed by atoms with Crippen molar-refractivity contribution in [3.63, 3.8) is 0 Å². The summed E-state index contributed by atoms with van der Waals surface area (Å²) in [5, 5.41) is 0. The van der Waals surface area contributed by atoms with E-state index in [2.05, 4.69) is 4.72 Å². The van der Waals surface area contributed by atoms with Gasteiger partial charge in [-0.1, -0.05) is 0 Å². The van der Waals surface area contributed by atoms with Crippen LogP contribution < -0.4 is 15.2 Å². The maximum atomic E-state index is 12.4. The SMILES string of the molecule is CCOc1ccc(N)cc1S(=O)(=O)NC1(C)CCC1. The molecule has 0 saturated heterocycles. The molecule has 5 nitrogen and oxygen atoms in total. The summed E-state index contributed by atoms with van der Waals surface area (Å²) < 4.78 is 33.0. The molecule has 0 aliphatic heterocycles. The number of benzene rings is 1. The lowest BCUT2D eigenvalue weighted by atomic mass is 9.80. The van der Waals surface area contributed by atoms with Gasteiger partial charge in [-0.05, 0) is 51.3 Å². The minimum Gasteiger partial charge on any atom is -0.492 e. The Morgan fingerprint density at radius 3 is 2.63 bits per heavy atom. The van der Waals surface area contributed by atoms with Gasteiger partial charge < -0.3 is 10.5 Å². The number of nitrogens with one attached hydrogen (secondary N) is 1. The van der Waals surface area contributed by atoms with E-state index in [1.165, 1.54) is 6.07 Å². The Bertz CT molecular complexity index is 565. The molecule has 0 amide bonds. The summed E-state index contributed by atoms with van der Waals surface area (Å²) in [6.45, 7) is 4.14. The smallest absolute Gasteiger partial charge is 0.244 e. The van der Waals surface area contributed by atoms with Gasteiger partial charge in [-0.15, -0.1) is 0 Å². The average molecular weight is 284 g/mol. The quantitative estimate of drug-likeness (QED) is 0.809. The zero-order valence-electron chi connectivity index (χ0n) is 11.3. The van der Waals surface area contributed by atoms with Gasteiger partial charge in [0, 0.05) is 11.2 Å². The van der Waals surface area contributed by atoms with Gasteiger partial charge in [0.05, 0.1) is 6.61 Å². The van der Waals surface area contributed by atoms with Crippen LogP contribution in [0.25, 0.3) is 0 Å². The van der Waals surface area contributed by atoms with Crippen molar-refractivity contribution in [3.05, 3.63) is 18.2 Å². The number of anilines is 1. The molecule has 0 spiro atoms. The Hall–Kier alpha value is -1.27. The number of ether oxygens (including phenoxy) is 1. The lowest BCUT2D eigenvalue weighted by Gasteiger charge is -2.38. The van der Waals surface area contributed by atoms with E-state index in [9.17, 15) is 8.42 Å². The van der Waals surface area contributed by atoms with E-state index >= 15 is 0 Å². The molecule has 1 saturated carbocycles. The Kier molecular flexibility index (Phi) is 3.73. The summed E-state index contributed by atoms with van der Waals surface area (Å²) in [6, 6.07) is 4.67. The molecule has 1 aromatic carbocycles. The third-order valence-electron chi connectivity index (χ3n) is 3.39. The van der Waals surface area contributed by atoms with Crippen molar-refractivity contribution in [1.82, 2.24) is 4.72 Å². The monoisotopic (exact) mass is 284 g/mol. The fourth-order valence-corrected chi connectivity index (χ4v) is 3.84. The Morgan fingerprint density at radius 1 is 1.42 bits per heavy atom. The Morgan fingerprint density at radius 2 is 2.11 bits per heavy atom. The Balaban J connectivity index is 2.35. The zero-order valence-corrected chi connectivity index (χ0v) is 12.1. The molecule has 1 aliphatic carbocycles. The van der Waals surface area contributed by atoms with E-state index in [1.807, 2.05) is 13.8 Å². The molecule has 0 unspecified atom stereocenters. The third-order valence-corrected chi connectivity index (χ3v) is 5.05. The maximum absolute atomic E-state index is 12.4. The van der Waals surface area contributed by atoms with E-state index in [0.717, 1.165) is 19.3 Å². The van der Waals surface area contributed by atoms with Gasteiger partial charge in [0.2, 0.25) is 10.0 Å². The fourth-order valence-electron chi connectivity index (χ4n) is 2.20. The number of nitrogens with two attached hydrogens (primary N) is 1. The van der Waals surface area contributed by atoms with Crippen LogP contribution in [0.1, 0.15) is 33.1 Å². The first-order valence-corrected chi connectivity index (χ1v) is 7.91. The molecule has 106 valence electrons. The van der Waals surface area contributed by atoms with Gasteiger partial charge in [0.1, 0.15) is 10.6 Å². The standard InChI is InChI=1S/C13H20N2O3S/c1-3-18-11-6-5-10(14)9-12(11)19(16,17)15-13(2)7-4-8-13/h5-6,9,15H,3-4,7-8,14H2,1-2H3. The van der Waals surface area contributed by atoms with Gasteiger partial charge in [0.15, 0.2) is 0 Å². The van der Waals surface area contributed by atoms with Crippen LogP contribution in [0.15, 0.2) is 23.1 Å². The number of hydrogen-bond donors (Lipinski definition) is 2. The van der Waals surface area contributed by atoms with E-state index in [4.69, 9.17) is 10.5 Å². The second kappa shape index (κ2) is 5.02. The normalized spacial score (nSPS) is 17.8. The van der Waals surface area contributed by atoms with Crippen LogP contribution in [0, 0.1) is 0 Å². The van der Waals surface area contributed by atoms with Crippen LogP contribution in [0.2, 0.25) is 0 Å².